The molecular formula is C12H10O6. The lowest BCUT2D eigenvalue weighted by Crippen LogP contribution is -2.62. The van der Waals surface area contributed by atoms with E-state index in [2.05, 4.69) is 0 Å². The summed E-state index contributed by atoms with van der Waals surface area (Å²) in [4.78, 5) is 23.6. The Labute approximate surface area is 101 Å². The lowest BCUT2D eigenvalue weighted by molar-refractivity contribution is -0.170. The van der Waals surface area contributed by atoms with Crippen molar-refractivity contribution in [3.63, 3.8) is 0 Å². The van der Waals surface area contributed by atoms with E-state index in [9.17, 15) is 19.8 Å². The summed E-state index contributed by atoms with van der Waals surface area (Å²) in [5.74, 6) is -2.34. The maximum Gasteiger partial charge on any atom is 0.317 e. The molecule has 6 heteroatoms. The summed E-state index contributed by atoms with van der Waals surface area (Å²) in [7, 11) is 0. The van der Waals surface area contributed by atoms with Gasteiger partial charge in [0, 0.05) is 0 Å². The van der Waals surface area contributed by atoms with Crippen molar-refractivity contribution in [1.29, 1.82) is 0 Å². The zero-order valence-electron chi connectivity index (χ0n) is 9.15. The quantitative estimate of drug-likeness (QED) is 0.659. The minimum atomic E-state index is -1.54. The van der Waals surface area contributed by atoms with Crippen molar-refractivity contribution in [1.82, 2.24) is 0 Å². The molecule has 2 fully saturated rings. The number of ether oxygens (including phenoxy) is 2. The summed E-state index contributed by atoms with van der Waals surface area (Å²) in [5.41, 5.74) is -3.09. The maximum absolute atomic E-state index is 11.8. The molecule has 2 unspecified atom stereocenters. The van der Waals surface area contributed by atoms with Gasteiger partial charge >= 0.3 is 11.9 Å². The van der Waals surface area contributed by atoms with Crippen molar-refractivity contribution < 1.29 is 29.3 Å². The van der Waals surface area contributed by atoms with Crippen molar-refractivity contribution in [2.45, 2.75) is 24.4 Å². The molecule has 0 saturated carbocycles. The maximum atomic E-state index is 11.8. The van der Waals surface area contributed by atoms with Crippen molar-refractivity contribution in [2.24, 2.45) is 10.8 Å². The minimum absolute atomic E-state index is 0.740. The first-order valence-corrected chi connectivity index (χ1v) is 5.70. The molecule has 4 aliphatic heterocycles. The van der Waals surface area contributed by atoms with E-state index in [1.807, 2.05) is 0 Å². The van der Waals surface area contributed by atoms with E-state index in [1.165, 1.54) is 0 Å². The molecule has 94 valence electrons. The summed E-state index contributed by atoms with van der Waals surface area (Å²) >= 11 is 0. The number of rotatable bonds is 2. The summed E-state index contributed by atoms with van der Waals surface area (Å²) in [5, 5.41) is 19.3. The molecular weight excluding hydrogens is 240 g/mol. The van der Waals surface area contributed by atoms with Gasteiger partial charge in [-0.05, 0) is 0 Å². The predicted octanol–water partition coefficient (Wildman–Crippen LogP) is -0.197. The molecule has 0 aromatic rings. The van der Waals surface area contributed by atoms with Crippen LogP contribution in [0.15, 0.2) is 24.3 Å². The molecule has 6 atom stereocenters. The van der Waals surface area contributed by atoms with Crippen LogP contribution in [0, 0.1) is 10.8 Å². The topological polar surface area (TPSA) is 93.1 Å². The first-order valence-electron chi connectivity index (χ1n) is 5.70. The second-order valence-corrected chi connectivity index (χ2v) is 5.07. The minimum Gasteiger partial charge on any atom is -0.481 e. The van der Waals surface area contributed by atoms with Gasteiger partial charge in [0.15, 0.2) is 0 Å². The van der Waals surface area contributed by atoms with E-state index in [0.29, 0.717) is 0 Å². The van der Waals surface area contributed by atoms with Gasteiger partial charge in [0.1, 0.15) is 10.8 Å². The molecule has 0 aromatic heterocycles. The Bertz CT molecular complexity index is 461. The standard InChI is InChI=1S/C12H10O6/c13-9(14)11-5-1-2-6(17-5)12(11,10(15)16)8-4-3-7(11)18-8/h1-8H,(H,13,14)(H,15,16)/t5-,6-,7-,8+,11?,12?/m0/s1. The van der Waals surface area contributed by atoms with Crippen LogP contribution >= 0.6 is 0 Å². The Morgan fingerprint density at radius 3 is 1.28 bits per heavy atom. The number of aliphatic carboxylic acids is 2. The van der Waals surface area contributed by atoms with Crippen LogP contribution in [0.25, 0.3) is 0 Å². The van der Waals surface area contributed by atoms with Gasteiger partial charge in [0.05, 0.1) is 24.4 Å². The van der Waals surface area contributed by atoms with Crippen molar-refractivity contribution >= 4 is 11.9 Å². The molecule has 4 aliphatic rings. The molecule has 4 rings (SSSR count). The summed E-state index contributed by atoms with van der Waals surface area (Å²) in [6, 6.07) is 0. The normalized spacial score (nSPS) is 54.0. The third-order valence-corrected chi connectivity index (χ3v) is 4.70. The Morgan fingerprint density at radius 1 is 0.778 bits per heavy atom. The van der Waals surface area contributed by atoms with E-state index in [1.54, 1.807) is 24.3 Å². The highest BCUT2D eigenvalue weighted by Crippen LogP contribution is 2.68. The zero-order chi connectivity index (χ0) is 12.7. The fourth-order valence-corrected chi connectivity index (χ4v) is 4.04. The number of carboxylic acids is 2. The van der Waals surface area contributed by atoms with E-state index >= 15 is 0 Å². The molecule has 6 nitrogen and oxygen atoms in total. The SMILES string of the molecule is O=C(O)C12[C@@H]3C=C[C@H](O3)C1(C(=O)O)[C@H]1C=C[C@@H]2O1. The first-order chi connectivity index (χ1) is 8.56. The van der Waals surface area contributed by atoms with Gasteiger partial charge < -0.3 is 19.7 Å². The van der Waals surface area contributed by atoms with Gasteiger partial charge in [-0.25, -0.2) is 0 Å². The Balaban J connectivity index is 2.06. The van der Waals surface area contributed by atoms with E-state index in [0.717, 1.165) is 0 Å². The molecule has 0 spiro atoms. The monoisotopic (exact) mass is 250 g/mol. The summed E-state index contributed by atoms with van der Waals surface area (Å²) < 4.78 is 11.1. The fourth-order valence-electron chi connectivity index (χ4n) is 4.04. The second kappa shape index (κ2) is 2.67. The molecule has 4 heterocycles. The van der Waals surface area contributed by atoms with Crippen LogP contribution in [0.3, 0.4) is 0 Å². The second-order valence-electron chi connectivity index (χ2n) is 5.07. The van der Waals surface area contributed by atoms with Crippen molar-refractivity contribution in [3.8, 4) is 0 Å². The van der Waals surface area contributed by atoms with E-state index in [-0.39, 0.29) is 0 Å². The molecule has 2 saturated heterocycles. The largest absolute Gasteiger partial charge is 0.481 e. The van der Waals surface area contributed by atoms with Gasteiger partial charge in [-0.2, -0.15) is 0 Å². The highest BCUT2D eigenvalue weighted by atomic mass is 16.6. The molecule has 0 radical (unpaired) electrons. The third kappa shape index (κ3) is 0.678. The lowest BCUT2D eigenvalue weighted by atomic mass is 9.53. The molecule has 4 bridgehead atoms. The number of hydrogen-bond donors (Lipinski definition) is 2. The highest BCUT2D eigenvalue weighted by Gasteiger charge is 2.85. The fraction of sp³-hybridized carbons (Fsp3) is 0.500. The van der Waals surface area contributed by atoms with Crippen molar-refractivity contribution in [3.05, 3.63) is 24.3 Å². The Hall–Kier alpha value is -1.66. The highest BCUT2D eigenvalue weighted by molar-refractivity contribution is 5.93. The van der Waals surface area contributed by atoms with Gasteiger partial charge in [0.2, 0.25) is 0 Å². The molecule has 18 heavy (non-hydrogen) atoms. The zero-order valence-corrected chi connectivity index (χ0v) is 9.15. The average molecular weight is 250 g/mol. The van der Waals surface area contributed by atoms with E-state index < -0.39 is 47.2 Å². The molecule has 2 N–H and O–H groups in total. The van der Waals surface area contributed by atoms with Crippen LogP contribution in [0.5, 0.6) is 0 Å². The third-order valence-electron chi connectivity index (χ3n) is 4.70. The predicted molar refractivity (Wildman–Crippen MR) is 55.7 cm³/mol. The molecule has 0 aliphatic carbocycles. The van der Waals surface area contributed by atoms with Gasteiger partial charge in [0.25, 0.3) is 0 Å². The van der Waals surface area contributed by atoms with Crippen molar-refractivity contribution in [2.75, 3.05) is 0 Å². The first kappa shape index (κ1) is 10.3. The number of fused-ring (bicyclic) bond motifs is 9. The van der Waals surface area contributed by atoms with Crippen LogP contribution in [-0.2, 0) is 19.1 Å². The van der Waals surface area contributed by atoms with Crippen LogP contribution in [0.1, 0.15) is 0 Å². The van der Waals surface area contributed by atoms with Gasteiger partial charge in [-0.1, -0.05) is 24.3 Å². The summed E-state index contributed by atoms with van der Waals surface area (Å²) in [6.07, 6.45) is 3.59. The smallest absolute Gasteiger partial charge is 0.317 e. The summed E-state index contributed by atoms with van der Waals surface area (Å²) in [6.45, 7) is 0. The van der Waals surface area contributed by atoms with Crippen LogP contribution < -0.4 is 0 Å². The Kier molecular flexibility index (Phi) is 1.53. The number of carbonyl (C=O) groups is 2. The molecule has 0 amide bonds. The number of hydrogen-bond acceptors (Lipinski definition) is 4. The van der Waals surface area contributed by atoms with Gasteiger partial charge in [-0.15, -0.1) is 0 Å². The Morgan fingerprint density at radius 2 is 1.06 bits per heavy atom. The van der Waals surface area contributed by atoms with Crippen LogP contribution in [0.2, 0.25) is 0 Å². The number of carboxylic acid groups (broad SMARTS) is 2. The van der Waals surface area contributed by atoms with E-state index in [4.69, 9.17) is 9.47 Å². The average Bonchev–Trinajstić information content (AvgIpc) is 3.05. The van der Waals surface area contributed by atoms with Gasteiger partial charge in [-0.3, -0.25) is 9.59 Å². The van der Waals surface area contributed by atoms with Crippen LogP contribution in [0.4, 0.5) is 0 Å². The lowest BCUT2D eigenvalue weighted by Gasteiger charge is -2.41. The van der Waals surface area contributed by atoms with Crippen LogP contribution in [-0.4, -0.2) is 46.6 Å². The molecule has 0 aromatic carbocycles.